The summed E-state index contributed by atoms with van der Waals surface area (Å²) in [7, 11) is 0. The minimum Gasteiger partial charge on any atom is -0.336 e. The molecule has 1 amide bonds. The molecule has 2 unspecified atom stereocenters. The zero-order valence-electron chi connectivity index (χ0n) is 16.6. The summed E-state index contributed by atoms with van der Waals surface area (Å²) in [6, 6.07) is 12.4. The van der Waals surface area contributed by atoms with E-state index in [4.69, 9.17) is 0 Å². The first-order chi connectivity index (χ1) is 13.1. The molecule has 0 saturated carbocycles. The molecule has 28 heavy (non-hydrogen) atoms. The van der Waals surface area contributed by atoms with Crippen molar-refractivity contribution >= 4 is 18.3 Å². The normalized spacial score (nSPS) is 23.5. The minimum absolute atomic E-state index is 0. The highest BCUT2D eigenvalue weighted by atomic mass is 35.5. The molecular weight excluding hydrogens is 372 g/mol. The monoisotopic (exact) mass is 400 g/mol. The van der Waals surface area contributed by atoms with Gasteiger partial charge in [0.15, 0.2) is 0 Å². The first-order valence-electron chi connectivity index (χ1n) is 9.94. The van der Waals surface area contributed by atoms with Crippen LogP contribution in [0.5, 0.6) is 0 Å². The Labute approximate surface area is 173 Å². The fraction of sp³-hybridized carbons (Fsp3) is 0.500. The molecule has 2 aromatic rings. The highest BCUT2D eigenvalue weighted by Crippen LogP contribution is 2.43. The van der Waals surface area contributed by atoms with Crippen LogP contribution >= 0.6 is 12.4 Å². The summed E-state index contributed by atoms with van der Waals surface area (Å²) in [6.07, 6.45) is 3.88. The Morgan fingerprint density at radius 2 is 2.07 bits per heavy atom. The Balaban J connectivity index is 0.00000225. The number of rotatable bonds is 5. The van der Waals surface area contributed by atoms with Crippen LogP contribution in [0.1, 0.15) is 48.1 Å². The molecule has 6 heteroatoms. The van der Waals surface area contributed by atoms with Crippen molar-refractivity contribution in [1.82, 2.24) is 20.2 Å². The molecule has 5 nitrogen and oxygen atoms in total. The van der Waals surface area contributed by atoms with Crippen molar-refractivity contribution in [2.75, 3.05) is 26.2 Å². The van der Waals surface area contributed by atoms with E-state index in [1.54, 1.807) is 12.3 Å². The summed E-state index contributed by atoms with van der Waals surface area (Å²) in [4.78, 5) is 23.9. The smallest absolute Gasteiger partial charge is 0.272 e. The lowest BCUT2D eigenvalue weighted by molar-refractivity contribution is 0.0762. The Bertz CT molecular complexity index is 813. The van der Waals surface area contributed by atoms with E-state index in [1.165, 1.54) is 5.56 Å². The number of carbonyl (C=O) groups is 1. The number of nitrogens with one attached hydrogen (secondary N) is 1. The Kier molecular flexibility index (Phi) is 6.36. The average Bonchev–Trinajstić information content (AvgIpc) is 3.24. The van der Waals surface area contributed by atoms with Crippen molar-refractivity contribution in [3.63, 3.8) is 0 Å². The van der Waals surface area contributed by atoms with E-state index >= 15 is 0 Å². The number of likely N-dealkylation sites (tertiary alicyclic amines) is 1. The molecule has 2 fully saturated rings. The maximum atomic E-state index is 13.1. The van der Waals surface area contributed by atoms with Crippen LogP contribution in [-0.4, -0.2) is 47.0 Å². The van der Waals surface area contributed by atoms with Gasteiger partial charge in [-0.1, -0.05) is 44.2 Å². The van der Waals surface area contributed by atoms with Crippen molar-refractivity contribution < 1.29 is 4.79 Å². The minimum atomic E-state index is 0. The molecule has 2 atom stereocenters. The van der Waals surface area contributed by atoms with Gasteiger partial charge in [-0.2, -0.15) is 0 Å². The maximum absolute atomic E-state index is 13.1. The molecule has 1 aromatic heterocycles. The second-order valence-corrected chi connectivity index (χ2v) is 8.32. The second kappa shape index (κ2) is 8.58. The topological polar surface area (TPSA) is 58.1 Å². The molecule has 0 spiro atoms. The summed E-state index contributed by atoms with van der Waals surface area (Å²) in [6.45, 7) is 7.73. The summed E-state index contributed by atoms with van der Waals surface area (Å²) >= 11 is 0. The Hall–Kier alpha value is -1.98. The van der Waals surface area contributed by atoms with Gasteiger partial charge in [0.05, 0.1) is 0 Å². The van der Waals surface area contributed by atoms with Crippen molar-refractivity contribution in [3.05, 3.63) is 59.7 Å². The van der Waals surface area contributed by atoms with Gasteiger partial charge in [0.25, 0.3) is 5.91 Å². The average molecular weight is 401 g/mol. The van der Waals surface area contributed by atoms with E-state index in [1.807, 2.05) is 18.7 Å². The van der Waals surface area contributed by atoms with E-state index in [2.05, 4.69) is 45.6 Å². The van der Waals surface area contributed by atoms with Crippen LogP contribution in [0.2, 0.25) is 0 Å². The summed E-state index contributed by atoms with van der Waals surface area (Å²) in [5, 5.41) is 3.56. The van der Waals surface area contributed by atoms with Crippen molar-refractivity contribution in [2.45, 2.75) is 32.6 Å². The van der Waals surface area contributed by atoms with Crippen LogP contribution in [0.15, 0.2) is 42.6 Å². The van der Waals surface area contributed by atoms with Crippen LogP contribution in [0.25, 0.3) is 0 Å². The van der Waals surface area contributed by atoms with Gasteiger partial charge in [-0.05, 0) is 30.4 Å². The number of aromatic nitrogens is 2. The third-order valence-corrected chi connectivity index (χ3v) is 6.13. The van der Waals surface area contributed by atoms with Crippen LogP contribution in [0, 0.1) is 11.3 Å². The Morgan fingerprint density at radius 1 is 1.29 bits per heavy atom. The predicted octanol–water partition coefficient (Wildman–Crippen LogP) is 3.32. The molecule has 150 valence electrons. The summed E-state index contributed by atoms with van der Waals surface area (Å²) in [5.41, 5.74) is 2.08. The van der Waals surface area contributed by atoms with Crippen molar-refractivity contribution in [2.24, 2.45) is 11.3 Å². The van der Waals surface area contributed by atoms with Crippen molar-refractivity contribution in [3.8, 4) is 0 Å². The molecule has 1 aromatic carbocycles. The number of halogens is 1. The van der Waals surface area contributed by atoms with E-state index < -0.39 is 0 Å². The number of amides is 1. The quantitative estimate of drug-likeness (QED) is 0.836. The van der Waals surface area contributed by atoms with Gasteiger partial charge in [0, 0.05) is 43.7 Å². The number of hydrogen-bond donors (Lipinski definition) is 1. The number of benzene rings is 1. The lowest BCUT2D eigenvalue weighted by Crippen LogP contribution is -2.36. The van der Waals surface area contributed by atoms with E-state index in [0.717, 1.165) is 44.8 Å². The molecule has 2 aliphatic heterocycles. The number of carbonyl (C=O) groups excluding carboxylic acids is 1. The van der Waals surface area contributed by atoms with E-state index in [-0.39, 0.29) is 29.6 Å². The molecule has 2 saturated heterocycles. The number of hydrogen-bond acceptors (Lipinski definition) is 4. The van der Waals surface area contributed by atoms with Crippen LogP contribution in [0.3, 0.4) is 0 Å². The highest BCUT2D eigenvalue weighted by molar-refractivity contribution is 5.92. The van der Waals surface area contributed by atoms with Crippen LogP contribution in [0.4, 0.5) is 0 Å². The van der Waals surface area contributed by atoms with Crippen LogP contribution < -0.4 is 5.32 Å². The van der Waals surface area contributed by atoms with Crippen molar-refractivity contribution in [1.29, 1.82) is 0 Å². The highest BCUT2D eigenvalue weighted by Gasteiger charge is 2.50. The van der Waals surface area contributed by atoms with Gasteiger partial charge < -0.3 is 10.2 Å². The van der Waals surface area contributed by atoms with Crippen LogP contribution in [-0.2, 0) is 6.42 Å². The number of fused-ring (bicyclic) bond motifs is 1. The molecule has 0 radical (unpaired) electrons. The van der Waals surface area contributed by atoms with E-state index in [9.17, 15) is 4.79 Å². The first kappa shape index (κ1) is 20.7. The maximum Gasteiger partial charge on any atom is 0.272 e. The molecule has 0 bridgehead atoms. The van der Waals surface area contributed by atoms with Gasteiger partial charge in [-0.25, -0.2) is 9.97 Å². The third kappa shape index (κ3) is 4.06. The van der Waals surface area contributed by atoms with E-state index in [0.29, 0.717) is 11.6 Å². The molecule has 4 rings (SSSR count). The first-order valence-corrected chi connectivity index (χ1v) is 9.94. The molecule has 1 N–H and O–H groups in total. The second-order valence-electron chi connectivity index (χ2n) is 8.32. The largest absolute Gasteiger partial charge is 0.336 e. The summed E-state index contributed by atoms with van der Waals surface area (Å²) < 4.78 is 0. The molecule has 3 heterocycles. The third-order valence-electron chi connectivity index (χ3n) is 6.13. The molecular formula is C22H29ClN4O. The van der Waals surface area contributed by atoms with Gasteiger partial charge in [0.2, 0.25) is 0 Å². The van der Waals surface area contributed by atoms with Gasteiger partial charge >= 0.3 is 0 Å². The molecule has 2 aliphatic rings. The Morgan fingerprint density at radius 3 is 2.82 bits per heavy atom. The van der Waals surface area contributed by atoms with Gasteiger partial charge in [0.1, 0.15) is 11.5 Å². The fourth-order valence-corrected chi connectivity index (χ4v) is 4.51. The lowest BCUT2D eigenvalue weighted by atomic mass is 9.76. The predicted molar refractivity (Wildman–Crippen MR) is 113 cm³/mol. The zero-order chi connectivity index (χ0) is 18.9. The molecule has 0 aliphatic carbocycles. The summed E-state index contributed by atoms with van der Waals surface area (Å²) in [5.74, 6) is 1.53. The zero-order valence-corrected chi connectivity index (χ0v) is 17.4. The number of nitrogens with zero attached hydrogens (tertiary/aromatic N) is 3. The lowest BCUT2D eigenvalue weighted by Gasteiger charge is -2.28. The van der Waals surface area contributed by atoms with Gasteiger partial charge in [-0.15, -0.1) is 12.4 Å². The number of aryl methyl sites for hydroxylation is 1. The fourth-order valence-electron chi connectivity index (χ4n) is 4.51. The van der Waals surface area contributed by atoms with Gasteiger partial charge in [-0.3, -0.25) is 4.79 Å². The standard InChI is InChI=1S/C22H28N4O.ClH/c1-16(2)20-24-11-9-19(25-20)21(27)26-13-18-12-23-14-22(18,15-26)10-8-17-6-4-3-5-7-17;/h3-7,9,11,16,18,23H,8,10,12-15H2,1-2H3;1H. The SMILES string of the molecule is CC(C)c1nccc(C(=O)N2CC3CNCC3(CCc3ccccc3)C2)n1.Cl.